The number of ether oxygens (including phenoxy) is 1. The average molecular weight is 542 g/mol. The van der Waals surface area contributed by atoms with Gasteiger partial charge in [0, 0.05) is 31.9 Å². The number of halogens is 3. The first kappa shape index (κ1) is 29.5. The van der Waals surface area contributed by atoms with Crippen LogP contribution in [0.15, 0.2) is 30.3 Å². The van der Waals surface area contributed by atoms with Crippen molar-refractivity contribution in [2.24, 2.45) is 0 Å². The molecule has 2 fully saturated rings. The lowest BCUT2D eigenvalue weighted by molar-refractivity contribution is -0.162. The monoisotopic (exact) mass is 541 g/mol. The molecule has 3 rings (SSSR count). The minimum atomic E-state index is -4.55. The van der Waals surface area contributed by atoms with Crippen LogP contribution in [0.4, 0.5) is 23.7 Å². The number of para-hydroxylation sites is 1. The van der Waals surface area contributed by atoms with E-state index >= 15 is 0 Å². The predicted octanol–water partition coefficient (Wildman–Crippen LogP) is 3.01. The zero-order valence-corrected chi connectivity index (χ0v) is 22.8. The van der Waals surface area contributed by atoms with E-state index in [1.807, 2.05) is 35.2 Å². The van der Waals surface area contributed by atoms with Gasteiger partial charge in [-0.2, -0.15) is 13.2 Å². The molecule has 2 heterocycles. The standard InChI is InChI=1S/C26H38F3N5O4/c1-24(2,3)38-23(37)31-13-11-25(12-14-31)22(36)33(19-34(25)20-9-7-6-8-10-20)17-21(35)32(16-15-30(4)5)18-26(27,28)29/h6-10H,11-19H2,1-5H3. The van der Waals surface area contributed by atoms with E-state index < -0.39 is 42.4 Å². The molecule has 0 bridgehead atoms. The lowest BCUT2D eigenvalue weighted by atomic mass is 9.85. The van der Waals surface area contributed by atoms with Gasteiger partial charge in [0.05, 0.1) is 6.67 Å². The molecule has 3 amide bonds. The van der Waals surface area contributed by atoms with Gasteiger partial charge in [-0.3, -0.25) is 9.59 Å². The van der Waals surface area contributed by atoms with Crippen LogP contribution in [-0.2, 0) is 14.3 Å². The third-order valence-corrected chi connectivity index (χ3v) is 6.69. The molecule has 2 aliphatic rings. The van der Waals surface area contributed by atoms with Crippen molar-refractivity contribution in [1.29, 1.82) is 0 Å². The minimum absolute atomic E-state index is 0.0641. The number of nitrogens with zero attached hydrogens (tertiary/aromatic N) is 5. The van der Waals surface area contributed by atoms with Gasteiger partial charge in [-0.05, 0) is 59.8 Å². The molecule has 9 nitrogen and oxygen atoms in total. The number of amides is 3. The lowest BCUT2D eigenvalue weighted by Gasteiger charge is -2.43. The summed E-state index contributed by atoms with van der Waals surface area (Å²) >= 11 is 0. The summed E-state index contributed by atoms with van der Waals surface area (Å²) in [6.45, 7) is 4.28. The van der Waals surface area contributed by atoms with Crippen molar-refractivity contribution in [3.05, 3.63) is 30.3 Å². The van der Waals surface area contributed by atoms with E-state index in [0.29, 0.717) is 12.8 Å². The maximum absolute atomic E-state index is 13.8. The van der Waals surface area contributed by atoms with Crippen LogP contribution in [0.25, 0.3) is 0 Å². The largest absolute Gasteiger partial charge is 0.444 e. The molecular formula is C26H38F3N5O4. The molecule has 2 saturated heterocycles. The number of likely N-dealkylation sites (tertiary alicyclic amines) is 1. The van der Waals surface area contributed by atoms with Gasteiger partial charge >= 0.3 is 12.3 Å². The highest BCUT2D eigenvalue weighted by molar-refractivity contribution is 5.96. The Hall–Kier alpha value is -3.02. The molecule has 0 N–H and O–H groups in total. The second kappa shape index (κ2) is 11.4. The number of likely N-dealkylation sites (N-methyl/N-ethyl adjacent to an activating group) is 1. The molecule has 0 saturated carbocycles. The van der Waals surface area contributed by atoms with Crippen molar-refractivity contribution in [3.8, 4) is 0 Å². The van der Waals surface area contributed by atoms with E-state index in [-0.39, 0.29) is 38.8 Å². The summed E-state index contributed by atoms with van der Waals surface area (Å²) in [5.41, 5.74) is -0.905. The third kappa shape index (κ3) is 7.30. The first-order valence-electron chi connectivity index (χ1n) is 12.7. The summed E-state index contributed by atoms with van der Waals surface area (Å²) in [6.07, 6.45) is -4.41. The fraction of sp³-hybridized carbons (Fsp3) is 0.654. The zero-order chi connectivity index (χ0) is 28.3. The van der Waals surface area contributed by atoms with E-state index in [1.165, 1.54) is 4.90 Å². The molecule has 1 aromatic rings. The smallest absolute Gasteiger partial charge is 0.410 e. The molecule has 38 heavy (non-hydrogen) atoms. The van der Waals surface area contributed by atoms with Gasteiger partial charge in [0.1, 0.15) is 24.2 Å². The highest BCUT2D eigenvalue weighted by atomic mass is 19.4. The Labute approximate surface area is 222 Å². The number of alkyl halides is 3. The Balaban J connectivity index is 1.81. The second-order valence-corrected chi connectivity index (χ2v) is 11.1. The van der Waals surface area contributed by atoms with Crippen LogP contribution < -0.4 is 4.90 Å². The highest BCUT2D eigenvalue weighted by Gasteiger charge is 2.54. The van der Waals surface area contributed by atoms with Gasteiger partial charge in [0.25, 0.3) is 5.91 Å². The van der Waals surface area contributed by atoms with Crippen molar-refractivity contribution < 1.29 is 32.3 Å². The third-order valence-electron chi connectivity index (χ3n) is 6.69. The summed E-state index contributed by atoms with van der Waals surface area (Å²) in [6, 6.07) is 9.23. The van der Waals surface area contributed by atoms with Crippen LogP contribution in [0.2, 0.25) is 0 Å². The number of anilines is 1. The Kier molecular flexibility index (Phi) is 8.85. The van der Waals surface area contributed by atoms with E-state index in [9.17, 15) is 27.6 Å². The van der Waals surface area contributed by atoms with Crippen LogP contribution in [0.3, 0.4) is 0 Å². The Morgan fingerprint density at radius 3 is 2.16 bits per heavy atom. The number of rotatable bonds is 7. The Morgan fingerprint density at radius 2 is 1.63 bits per heavy atom. The topological polar surface area (TPSA) is 76.6 Å². The van der Waals surface area contributed by atoms with Crippen molar-refractivity contribution >= 4 is 23.6 Å². The molecule has 12 heteroatoms. The van der Waals surface area contributed by atoms with Crippen LogP contribution in [-0.4, -0.2) is 115 Å². The van der Waals surface area contributed by atoms with Crippen LogP contribution in [0, 0.1) is 0 Å². The summed E-state index contributed by atoms with van der Waals surface area (Å²) in [7, 11) is 3.43. The quantitative estimate of drug-likeness (QED) is 0.529. The van der Waals surface area contributed by atoms with Gasteiger partial charge in [0.2, 0.25) is 5.91 Å². The minimum Gasteiger partial charge on any atom is -0.444 e. The maximum atomic E-state index is 13.8. The Bertz CT molecular complexity index is 989. The summed E-state index contributed by atoms with van der Waals surface area (Å²) in [5.74, 6) is -1.08. The maximum Gasteiger partial charge on any atom is 0.410 e. The van der Waals surface area contributed by atoms with Crippen molar-refractivity contribution in [3.63, 3.8) is 0 Å². The number of benzene rings is 1. The average Bonchev–Trinajstić information content (AvgIpc) is 3.07. The van der Waals surface area contributed by atoms with E-state index in [1.54, 1.807) is 44.7 Å². The van der Waals surface area contributed by atoms with Crippen LogP contribution >= 0.6 is 0 Å². The normalized spacial score (nSPS) is 17.9. The lowest BCUT2D eigenvalue weighted by Crippen LogP contribution is -2.58. The van der Waals surface area contributed by atoms with Crippen molar-refractivity contribution in [2.75, 3.05) is 64.9 Å². The van der Waals surface area contributed by atoms with Crippen LogP contribution in [0.5, 0.6) is 0 Å². The molecule has 212 valence electrons. The molecule has 1 aromatic carbocycles. The fourth-order valence-corrected chi connectivity index (χ4v) is 4.80. The molecule has 0 atom stereocenters. The molecular weight excluding hydrogens is 503 g/mol. The number of carbonyl (C=O) groups is 3. The van der Waals surface area contributed by atoms with Gasteiger partial charge < -0.3 is 29.2 Å². The summed E-state index contributed by atoms with van der Waals surface area (Å²) in [5, 5.41) is 0. The molecule has 0 radical (unpaired) electrons. The second-order valence-electron chi connectivity index (χ2n) is 11.1. The Morgan fingerprint density at radius 1 is 1.03 bits per heavy atom. The van der Waals surface area contributed by atoms with E-state index in [2.05, 4.69) is 0 Å². The van der Waals surface area contributed by atoms with Gasteiger partial charge in [-0.1, -0.05) is 18.2 Å². The number of hydrogen-bond acceptors (Lipinski definition) is 6. The van der Waals surface area contributed by atoms with Gasteiger partial charge in [-0.15, -0.1) is 0 Å². The van der Waals surface area contributed by atoms with E-state index in [4.69, 9.17) is 4.74 Å². The highest BCUT2D eigenvalue weighted by Crippen LogP contribution is 2.39. The van der Waals surface area contributed by atoms with Gasteiger partial charge in [0.15, 0.2) is 0 Å². The fourth-order valence-electron chi connectivity index (χ4n) is 4.80. The zero-order valence-electron chi connectivity index (χ0n) is 22.8. The first-order chi connectivity index (χ1) is 17.6. The van der Waals surface area contributed by atoms with Crippen molar-refractivity contribution in [2.45, 2.75) is 50.9 Å². The van der Waals surface area contributed by atoms with Crippen molar-refractivity contribution in [1.82, 2.24) is 19.6 Å². The predicted molar refractivity (Wildman–Crippen MR) is 136 cm³/mol. The molecule has 0 aliphatic carbocycles. The van der Waals surface area contributed by atoms with Gasteiger partial charge in [-0.25, -0.2) is 4.79 Å². The molecule has 0 unspecified atom stereocenters. The molecule has 1 spiro atoms. The molecule has 0 aromatic heterocycles. The summed E-state index contributed by atoms with van der Waals surface area (Å²) in [4.78, 5) is 46.7. The summed E-state index contributed by atoms with van der Waals surface area (Å²) < 4.78 is 45.1. The first-order valence-corrected chi connectivity index (χ1v) is 12.7. The number of piperidine rings is 1. The SMILES string of the molecule is CN(C)CCN(CC(F)(F)F)C(=O)CN1CN(c2ccccc2)C2(CCN(C(=O)OC(C)(C)C)CC2)C1=O. The number of carbonyl (C=O) groups excluding carboxylic acids is 3. The van der Waals surface area contributed by atoms with Crippen LogP contribution in [0.1, 0.15) is 33.6 Å². The molecule has 2 aliphatic heterocycles. The number of hydrogen-bond donors (Lipinski definition) is 0. The van der Waals surface area contributed by atoms with E-state index in [0.717, 1.165) is 10.6 Å².